The topological polar surface area (TPSA) is 83.6 Å². The highest BCUT2D eigenvalue weighted by Gasteiger charge is 2.31. The van der Waals surface area contributed by atoms with Crippen LogP contribution in [0.3, 0.4) is 0 Å². The molecule has 1 fully saturated rings. The van der Waals surface area contributed by atoms with Crippen LogP contribution in [0.15, 0.2) is 52.3 Å². The van der Waals surface area contributed by atoms with Crippen molar-refractivity contribution in [1.82, 2.24) is 9.03 Å². The van der Waals surface area contributed by atoms with E-state index in [0.717, 1.165) is 5.56 Å². The van der Waals surface area contributed by atoms with E-state index < -0.39 is 20.0 Å². The van der Waals surface area contributed by atoms with Gasteiger partial charge in [0, 0.05) is 19.1 Å². The first-order valence-electron chi connectivity index (χ1n) is 8.64. The number of hydrogen-bond acceptors (Lipinski definition) is 4. The van der Waals surface area contributed by atoms with E-state index >= 15 is 0 Å². The van der Waals surface area contributed by atoms with E-state index in [-0.39, 0.29) is 39.0 Å². The number of nitrogens with zero attached hydrogens (tertiary/aromatic N) is 1. The first-order valence-corrected chi connectivity index (χ1v) is 12.3. The van der Waals surface area contributed by atoms with E-state index in [9.17, 15) is 16.8 Å². The Balaban J connectivity index is 1.66. The molecule has 1 saturated heterocycles. The molecule has 2 aromatic rings. The summed E-state index contributed by atoms with van der Waals surface area (Å²) in [5, 5.41) is 0.429. The van der Waals surface area contributed by atoms with Crippen molar-refractivity contribution in [1.29, 1.82) is 0 Å². The highest BCUT2D eigenvalue weighted by molar-refractivity contribution is 7.89. The molecule has 3 rings (SSSR count). The van der Waals surface area contributed by atoms with Gasteiger partial charge in [-0.05, 0) is 50.1 Å². The van der Waals surface area contributed by atoms with Crippen LogP contribution in [0.5, 0.6) is 0 Å². The minimum absolute atomic E-state index is 0.0246. The Labute approximate surface area is 175 Å². The van der Waals surface area contributed by atoms with Gasteiger partial charge in [0.1, 0.15) is 0 Å². The molecule has 1 N–H and O–H groups in total. The van der Waals surface area contributed by atoms with Crippen LogP contribution in [0.4, 0.5) is 0 Å². The number of aryl methyl sites for hydroxylation is 1. The Morgan fingerprint density at radius 3 is 2.04 bits per heavy atom. The number of sulfonamides is 2. The summed E-state index contributed by atoms with van der Waals surface area (Å²) in [6.45, 7) is 2.37. The van der Waals surface area contributed by atoms with Crippen molar-refractivity contribution in [2.75, 3.05) is 13.1 Å². The van der Waals surface area contributed by atoms with Gasteiger partial charge in [0.05, 0.1) is 19.8 Å². The zero-order valence-electron chi connectivity index (χ0n) is 15.1. The molecule has 1 aliphatic rings. The smallest absolute Gasteiger partial charge is 0.208 e. The number of halogens is 2. The minimum atomic E-state index is -3.77. The van der Waals surface area contributed by atoms with Gasteiger partial charge in [-0.2, -0.15) is 4.31 Å². The van der Waals surface area contributed by atoms with Crippen LogP contribution in [-0.2, 0) is 20.0 Å². The third kappa shape index (κ3) is 4.69. The van der Waals surface area contributed by atoms with Gasteiger partial charge < -0.3 is 0 Å². The van der Waals surface area contributed by atoms with E-state index in [1.54, 1.807) is 24.3 Å². The molecule has 0 aromatic heterocycles. The number of nitrogens with one attached hydrogen (secondary N) is 1. The highest BCUT2D eigenvalue weighted by atomic mass is 35.5. The average Bonchev–Trinajstić information content (AvgIpc) is 2.64. The quantitative estimate of drug-likeness (QED) is 0.737. The number of piperidine rings is 1. The van der Waals surface area contributed by atoms with Gasteiger partial charge in [0.25, 0.3) is 0 Å². The maximum absolute atomic E-state index is 12.7. The lowest BCUT2D eigenvalue weighted by molar-refractivity contribution is 0.308. The van der Waals surface area contributed by atoms with E-state index in [2.05, 4.69) is 4.72 Å². The SMILES string of the molecule is Cc1ccc(S(=O)(=O)N2CCC(NS(=O)(=O)c3ccc(Cl)c(Cl)c3)CC2)cc1. The summed E-state index contributed by atoms with van der Waals surface area (Å²) in [6.07, 6.45) is 0.761. The van der Waals surface area contributed by atoms with E-state index in [1.165, 1.54) is 22.5 Å². The molecule has 0 unspecified atom stereocenters. The second kappa shape index (κ2) is 8.30. The van der Waals surface area contributed by atoms with Gasteiger partial charge in [0.2, 0.25) is 20.0 Å². The van der Waals surface area contributed by atoms with Gasteiger partial charge in [0.15, 0.2) is 0 Å². The maximum atomic E-state index is 12.7. The van der Waals surface area contributed by atoms with Gasteiger partial charge in [-0.1, -0.05) is 40.9 Å². The molecule has 10 heteroatoms. The minimum Gasteiger partial charge on any atom is -0.208 e. The van der Waals surface area contributed by atoms with Crippen LogP contribution >= 0.6 is 23.2 Å². The normalized spacial score (nSPS) is 17.0. The number of benzene rings is 2. The van der Waals surface area contributed by atoms with E-state index in [4.69, 9.17) is 23.2 Å². The molecule has 0 radical (unpaired) electrons. The molecule has 0 atom stereocenters. The van der Waals surface area contributed by atoms with Crippen LogP contribution in [0.1, 0.15) is 18.4 Å². The van der Waals surface area contributed by atoms with Crippen molar-refractivity contribution in [3.8, 4) is 0 Å². The molecular weight excluding hydrogens is 443 g/mol. The third-order valence-corrected chi connectivity index (χ3v) is 8.81. The molecule has 6 nitrogen and oxygen atoms in total. The summed E-state index contributed by atoms with van der Waals surface area (Å²) >= 11 is 11.7. The molecule has 1 heterocycles. The summed E-state index contributed by atoms with van der Waals surface area (Å²) in [5.41, 5.74) is 0.981. The molecule has 2 aromatic carbocycles. The monoisotopic (exact) mass is 462 g/mol. The molecular formula is C18H20Cl2N2O4S2. The van der Waals surface area contributed by atoms with Crippen molar-refractivity contribution in [3.63, 3.8) is 0 Å². The Bertz CT molecular complexity index is 1060. The third-order valence-electron chi connectivity index (χ3n) is 4.64. The number of hydrogen-bond donors (Lipinski definition) is 1. The van der Waals surface area contributed by atoms with Gasteiger partial charge >= 0.3 is 0 Å². The highest BCUT2D eigenvalue weighted by Crippen LogP contribution is 2.26. The second-order valence-corrected chi connectivity index (χ2v) is 11.2. The van der Waals surface area contributed by atoms with E-state index in [1.807, 2.05) is 6.92 Å². The van der Waals surface area contributed by atoms with Gasteiger partial charge in [-0.15, -0.1) is 0 Å². The predicted octanol–water partition coefficient (Wildman–Crippen LogP) is 3.43. The zero-order valence-corrected chi connectivity index (χ0v) is 18.2. The van der Waals surface area contributed by atoms with Crippen LogP contribution in [0, 0.1) is 6.92 Å². The first kappa shape index (κ1) is 21.5. The Morgan fingerprint density at radius 1 is 0.893 bits per heavy atom. The Kier molecular flexibility index (Phi) is 6.38. The summed E-state index contributed by atoms with van der Waals surface area (Å²) in [4.78, 5) is 0.268. The standard InChI is InChI=1S/C18H20Cl2N2O4S2/c1-13-2-4-15(5-3-13)28(25,26)22-10-8-14(9-11-22)21-27(23,24)16-6-7-17(19)18(20)12-16/h2-7,12,14,21H,8-11H2,1H3. The summed E-state index contributed by atoms with van der Waals surface area (Å²) in [5.74, 6) is 0. The summed E-state index contributed by atoms with van der Waals surface area (Å²) < 4.78 is 54.6. The van der Waals surface area contributed by atoms with Crippen molar-refractivity contribution >= 4 is 43.2 Å². The molecule has 152 valence electrons. The first-order chi connectivity index (χ1) is 13.1. The molecule has 1 aliphatic heterocycles. The zero-order chi connectivity index (χ0) is 20.5. The molecule has 0 amide bonds. The lowest BCUT2D eigenvalue weighted by atomic mass is 10.1. The lowest BCUT2D eigenvalue weighted by Crippen LogP contribution is -2.46. The van der Waals surface area contributed by atoms with Crippen LogP contribution in [0.2, 0.25) is 10.0 Å². The average molecular weight is 463 g/mol. The predicted molar refractivity (Wildman–Crippen MR) is 110 cm³/mol. The van der Waals surface area contributed by atoms with Crippen molar-refractivity contribution in [2.24, 2.45) is 0 Å². The molecule has 0 bridgehead atoms. The van der Waals surface area contributed by atoms with Crippen LogP contribution in [-0.4, -0.2) is 40.3 Å². The summed E-state index contributed by atoms with van der Waals surface area (Å²) in [7, 11) is -7.35. The van der Waals surface area contributed by atoms with Crippen molar-refractivity contribution < 1.29 is 16.8 Å². The van der Waals surface area contributed by atoms with Gasteiger partial charge in [-0.3, -0.25) is 0 Å². The molecule has 0 spiro atoms. The van der Waals surface area contributed by atoms with Crippen LogP contribution < -0.4 is 4.72 Å². The Hall–Kier alpha value is -1.16. The van der Waals surface area contributed by atoms with Crippen molar-refractivity contribution in [2.45, 2.75) is 35.6 Å². The Morgan fingerprint density at radius 2 is 1.46 bits per heavy atom. The summed E-state index contributed by atoms with van der Waals surface area (Å²) in [6, 6.07) is 10.4. The fourth-order valence-corrected chi connectivity index (χ4v) is 6.17. The second-order valence-electron chi connectivity index (χ2n) is 6.69. The largest absolute Gasteiger partial charge is 0.243 e. The number of rotatable bonds is 5. The fourth-order valence-electron chi connectivity index (χ4n) is 3.00. The fraction of sp³-hybridized carbons (Fsp3) is 0.333. The maximum Gasteiger partial charge on any atom is 0.243 e. The van der Waals surface area contributed by atoms with Gasteiger partial charge in [-0.25, -0.2) is 21.6 Å². The van der Waals surface area contributed by atoms with Crippen LogP contribution in [0.25, 0.3) is 0 Å². The lowest BCUT2D eigenvalue weighted by Gasteiger charge is -2.31. The molecule has 0 aliphatic carbocycles. The van der Waals surface area contributed by atoms with Crippen molar-refractivity contribution in [3.05, 3.63) is 58.1 Å². The molecule has 28 heavy (non-hydrogen) atoms. The van der Waals surface area contributed by atoms with E-state index in [0.29, 0.717) is 12.8 Å². The molecule has 0 saturated carbocycles.